The Bertz CT molecular complexity index is 270. The molecule has 1 aromatic heterocycles. The summed E-state index contributed by atoms with van der Waals surface area (Å²) in [7, 11) is 0. The largest absolute Gasteiger partial charge is 0.457 e. The number of alkyl halides is 2. The van der Waals surface area contributed by atoms with Gasteiger partial charge in [0.1, 0.15) is 0 Å². The van der Waals surface area contributed by atoms with Crippen LogP contribution in [0.4, 0.5) is 8.78 Å². The highest BCUT2D eigenvalue weighted by Gasteiger charge is 2.05. The minimum Gasteiger partial charge on any atom is -0.457 e. The predicted molar refractivity (Wildman–Crippen MR) is 39.5 cm³/mol. The highest BCUT2D eigenvalue weighted by molar-refractivity contribution is 5.04. The van der Waals surface area contributed by atoms with Gasteiger partial charge in [-0.1, -0.05) is 0 Å². The van der Waals surface area contributed by atoms with Gasteiger partial charge in [0.05, 0.1) is 12.3 Å². The van der Waals surface area contributed by atoms with Gasteiger partial charge in [0.2, 0.25) is 0 Å². The number of hydrogen-bond donors (Lipinski definition) is 1. The lowest BCUT2D eigenvalue weighted by Gasteiger charge is -2.03. The lowest BCUT2D eigenvalue weighted by atomic mass is 10.4. The lowest BCUT2D eigenvalue weighted by molar-refractivity contribution is 0.0767. The number of halogens is 2. The van der Waals surface area contributed by atoms with Crippen molar-refractivity contribution in [3.8, 4) is 6.01 Å². The van der Waals surface area contributed by atoms with Crippen molar-refractivity contribution in [2.45, 2.75) is 13.0 Å². The van der Waals surface area contributed by atoms with Gasteiger partial charge in [-0.3, -0.25) is 0 Å². The van der Waals surface area contributed by atoms with Crippen molar-refractivity contribution in [2.75, 3.05) is 6.61 Å². The number of aromatic nitrogens is 2. The van der Waals surface area contributed by atoms with E-state index in [1.807, 2.05) is 0 Å². The number of nitrogens with zero attached hydrogens (tertiary/aromatic N) is 2. The standard InChI is InChI=1S/C7H8F2N2O2/c8-6(9)4-13-7-10-2-1-5(3-12)11-7/h1-2,6,12H,3-4H2. The van der Waals surface area contributed by atoms with E-state index in [-0.39, 0.29) is 12.6 Å². The maximum Gasteiger partial charge on any atom is 0.316 e. The molecule has 1 rings (SSSR count). The van der Waals surface area contributed by atoms with Crippen LogP contribution in [0.1, 0.15) is 5.69 Å². The average molecular weight is 190 g/mol. The number of aliphatic hydroxyl groups is 1. The van der Waals surface area contributed by atoms with Gasteiger partial charge >= 0.3 is 6.01 Å². The first-order chi connectivity index (χ1) is 6.22. The Morgan fingerprint density at radius 1 is 1.54 bits per heavy atom. The highest BCUT2D eigenvalue weighted by Crippen LogP contribution is 2.04. The Hall–Kier alpha value is -1.30. The van der Waals surface area contributed by atoms with E-state index in [1.165, 1.54) is 12.3 Å². The Kier molecular flexibility index (Phi) is 3.51. The summed E-state index contributed by atoms with van der Waals surface area (Å²) in [5.74, 6) is 0. The SMILES string of the molecule is OCc1ccnc(OCC(F)F)n1. The third-order valence-corrected chi connectivity index (χ3v) is 1.19. The fourth-order valence-electron chi connectivity index (χ4n) is 0.671. The van der Waals surface area contributed by atoms with E-state index in [1.54, 1.807) is 0 Å². The van der Waals surface area contributed by atoms with Crippen LogP contribution in [0.3, 0.4) is 0 Å². The van der Waals surface area contributed by atoms with Crippen LogP contribution in [0.5, 0.6) is 6.01 Å². The minimum absolute atomic E-state index is 0.146. The third kappa shape index (κ3) is 3.29. The molecule has 0 radical (unpaired) electrons. The molecule has 0 aliphatic carbocycles. The molecule has 1 aromatic rings. The zero-order valence-corrected chi connectivity index (χ0v) is 6.65. The van der Waals surface area contributed by atoms with Crippen molar-refractivity contribution in [1.29, 1.82) is 0 Å². The second-order valence-corrected chi connectivity index (χ2v) is 2.19. The van der Waals surface area contributed by atoms with Crippen molar-refractivity contribution in [3.05, 3.63) is 18.0 Å². The average Bonchev–Trinajstić information content (AvgIpc) is 2.15. The molecule has 0 aliphatic heterocycles. The van der Waals surface area contributed by atoms with Crippen LogP contribution < -0.4 is 4.74 Å². The topological polar surface area (TPSA) is 55.2 Å². The molecule has 4 nitrogen and oxygen atoms in total. The van der Waals surface area contributed by atoms with Crippen LogP contribution >= 0.6 is 0 Å². The van der Waals surface area contributed by atoms with Gasteiger partial charge in [-0.15, -0.1) is 0 Å². The number of hydrogen-bond acceptors (Lipinski definition) is 4. The molecule has 0 fully saturated rings. The van der Waals surface area contributed by atoms with E-state index >= 15 is 0 Å². The van der Waals surface area contributed by atoms with E-state index in [9.17, 15) is 8.78 Å². The lowest BCUT2D eigenvalue weighted by Crippen LogP contribution is -2.09. The summed E-state index contributed by atoms with van der Waals surface area (Å²) in [6.07, 6.45) is -1.22. The smallest absolute Gasteiger partial charge is 0.316 e. The summed E-state index contributed by atoms with van der Waals surface area (Å²) in [6, 6.07) is 1.32. The van der Waals surface area contributed by atoms with Gasteiger partial charge in [0.25, 0.3) is 6.43 Å². The van der Waals surface area contributed by atoms with Crippen molar-refractivity contribution in [3.63, 3.8) is 0 Å². The van der Waals surface area contributed by atoms with Crippen LogP contribution in [-0.2, 0) is 6.61 Å². The number of aliphatic hydroxyl groups excluding tert-OH is 1. The molecule has 0 atom stereocenters. The molecular formula is C7H8F2N2O2. The summed E-state index contributed by atoms with van der Waals surface area (Å²) in [5, 5.41) is 8.65. The molecule has 0 unspecified atom stereocenters. The normalized spacial score (nSPS) is 10.5. The quantitative estimate of drug-likeness (QED) is 0.755. The first-order valence-corrected chi connectivity index (χ1v) is 3.56. The van der Waals surface area contributed by atoms with Gasteiger partial charge < -0.3 is 9.84 Å². The molecular weight excluding hydrogens is 182 g/mol. The zero-order valence-electron chi connectivity index (χ0n) is 6.65. The summed E-state index contributed by atoms with van der Waals surface area (Å²) in [5.41, 5.74) is 0.333. The maximum atomic E-state index is 11.7. The Balaban J connectivity index is 2.56. The molecule has 72 valence electrons. The van der Waals surface area contributed by atoms with Crippen LogP contribution in [0.15, 0.2) is 12.3 Å². The van der Waals surface area contributed by atoms with Crippen LogP contribution in [0.2, 0.25) is 0 Å². The summed E-state index contributed by atoms with van der Waals surface area (Å²) in [6.45, 7) is -1.01. The summed E-state index contributed by atoms with van der Waals surface area (Å²) >= 11 is 0. The van der Waals surface area contributed by atoms with Crippen molar-refractivity contribution in [1.82, 2.24) is 9.97 Å². The molecule has 6 heteroatoms. The predicted octanol–water partition coefficient (Wildman–Crippen LogP) is 0.613. The fraction of sp³-hybridized carbons (Fsp3) is 0.429. The summed E-state index contributed by atoms with van der Waals surface area (Å²) in [4.78, 5) is 7.23. The van der Waals surface area contributed by atoms with Crippen LogP contribution in [-0.4, -0.2) is 28.1 Å². The Morgan fingerprint density at radius 2 is 2.31 bits per heavy atom. The second kappa shape index (κ2) is 4.66. The number of ether oxygens (including phenoxy) is 1. The van der Waals surface area contributed by atoms with Gasteiger partial charge in [-0.25, -0.2) is 13.8 Å². The van der Waals surface area contributed by atoms with E-state index < -0.39 is 13.0 Å². The zero-order chi connectivity index (χ0) is 9.68. The first-order valence-electron chi connectivity index (χ1n) is 3.56. The molecule has 13 heavy (non-hydrogen) atoms. The van der Waals surface area contributed by atoms with Gasteiger partial charge in [-0.05, 0) is 6.07 Å². The Morgan fingerprint density at radius 3 is 2.92 bits per heavy atom. The van der Waals surface area contributed by atoms with Crippen LogP contribution in [0.25, 0.3) is 0 Å². The molecule has 0 amide bonds. The highest BCUT2D eigenvalue weighted by atomic mass is 19.3. The fourth-order valence-corrected chi connectivity index (χ4v) is 0.671. The third-order valence-electron chi connectivity index (χ3n) is 1.19. The molecule has 0 spiro atoms. The van der Waals surface area contributed by atoms with Crippen molar-refractivity contribution in [2.24, 2.45) is 0 Å². The molecule has 0 aliphatic rings. The van der Waals surface area contributed by atoms with Crippen molar-refractivity contribution >= 4 is 0 Å². The van der Waals surface area contributed by atoms with E-state index in [0.717, 1.165) is 0 Å². The molecule has 1 N–H and O–H groups in total. The van der Waals surface area contributed by atoms with E-state index in [4.69, 9.17) is 5.11 Å². The minimum atomic E-state index is -2.55. The molecule has 0 bridgehead atoms. The molecule has 0 aromatic carbocycles. The first kappa shape index (κ1) is 9.79. The molecule has 0 saturated heterocycles. The van der Waals surface area contributed by atoms with E-state index in [0.29, 0.717) is 5.69 Å². The summed E-state index contributed by atoms with van der Waals surface area (Å²) < 4.78 is 27.9. The monoisotopic (exact) mass is 190 g/mol. The molecule has 1 heterocycles. The van der Waals surface area contributed by atoms with E-state index in [2.05, 4.69) is 14.7 Å². The molecule has 0 saturated carbocycles. The second-order valence-electron chi connectivity index (χ2n) is 2.19. The maximum absolute atomic E-state index is 11.7. The van der Waals surface area contributed by atoms with Gasteiger partial charge in [0.15, 0.2) is 6.61 Å². The number of rotatable bonds is 4. The Labute approximate surface area is 73.2 Å². The van der Waals surface area contributed by atoms with Crippen LogP contribution in [0, 0.1) is 0 Å². The van der Waals surface area contributed by atoms with Crippen molar-refractivity contribution < 1.29 is 18.6 Å². The van der Waals surface area contributed by atoms with Gasteiger partial charge in [-0.2, -0.15) is 4.98 Å². The van der Waals surface area contributed by atoms with Gasteiger partial charge in [0, 0.05) is 6.20 Å².